The molecule has 8 heteroatoms. The van der Waals surface area contributed by atoms with Crippen molar-refractivity contribution in [2.75, 3.05) is 6.54 Å². The van der Waals surface area contributed by atoms with Crippen molar-refractivity contribution in [3.05, 3.63) is 45.4 Å². The van der Waals surface area contributed by atoms with Gasteiger partial charge in [-0.1, -0.05) is 16.4 Å². The van der Waals surface area contributed by atoms with Crippen molar-refractivity contribution >= 4 is 21.6 Å². The standard InChI is InChI=1S/C13H14BrFN4O2/c14-9-6-8(3-4-10(9)15)7-12(17-20)13-11(2-1-5-16)18-21-19-13/h3-4,6,20H,1-2,5,7,16H2/b17-12+. The Kier molecular flexibility index (Phi) is 5.40. The van der Waals surface area contributed by atoms with E-state index in [4.69, 9.17) is 10.4 Å². The third-order valence-electron chi connectivity index (χ3n) is 2.92. The molecule has 0 amide bonds. The van der Waals surface area contributed by atoms with Crippen LogP contribution in [0.25, 0.3) is 0 Å². The number of hydrogen-bond donors (Lipinski definition) is 2. The Hall–Kier alpha value is -1.80. The van der Waals surface area contributed by atoms with Crippen LogP contribution in [0.4, 0.5) is 4.39 Å². The van der Waals surface area contributed by atoms with Gasteiger partial charge in [-0.25, -0.2) is 9.02 Å². The van der Waals surface area contributed by atoms with E-state index in [9.17, 15) is 9.60 Å². The molecule has 0 aliphatic rings. The van der Waals surface area contributed by atoms with Crippen molar-refractivity contribution in [3.8, 4) is 0 Å². The van der Waals surface area contributed by atoms with Crippen molar-refractivity contribution < 1.29 is 14.2 Å². The minimum Gasteiger partial charge on any atom is -0.411 e. The fourth-order valence-electron chi connectivity index (χ4n) is 1.87. The molecule has 0 atom stereocenters. The number of rotatable bonds is 6. The molecule has 0 radical (unpaired) electrons. The van der Waals surface area contributed by atoms with Gasteiger partial charge in [-0.2, -0.15) is 0 Å². The molecule has 0 saturated heterocycles. The molecule has 112 valence electrons. The Morgan fingerprint density at radius 3 is 2.90 bits per heavy atom. The lowest BCUT2D eigenvalue weighted by Gasteiger charge is -2.04. The minimum atomic E-state index is -0.354. The molecule has 0 spiro atoms. The van der Waals surface area contributed by atoms with Gasteiger partial charge >= 0.3 is 0 Å². The van der Waals surface area contributed by atoms with Crippen LogP contribution in [-0.4, -0.2) is 27.8 Å². The Morgan fingerprint density at radius 2 is 2.24 bits per heavy atom. The quantitative estimate of drug-likeness (QED) is 0.470. The van der Waals surface area contributed by atoms with Crippen LogP contribution in [0.1, 0.15) is 23.4 Å². The molecule has 0 bridgehead atoms. The highest BCUT2D eigenvalue weighted by molar-refractivity contribution is 9.10. The molecule has 0 aliphatic heterocycles. The van der Waals surface area contributed by atoms with Crippen LogP contribution in [0.5, 0.6) is 0 Å². The highest BCUT2D eigenvalue weighted by Crippen LogP contribution is 2.19. The second kappa shape index (κ2) is 7.28. The predicted octanol–water partition coefficient (Wildman–Crippen LogP) is 2.28. The largest absolute Gasteiger partial charge is 0.411 e. The van der Waals surface area contributed by atoms with Crippen LogP contribution >= 0.6 is 15.9 Å². The first-order valence-electron chi connectivity index (χ1n) is 6.32. The lowest BCUT2D eigenvalue weighted by Crippen LogP contribution is -2.10. The molecule has 1 heterocycles. The maximum absolute atomic E-state index is 13.2. The predicted molar refractivity (Wildman–Crippen MR) is 77.8 cm³/mol. The summed E-state index contributed by atoms with van der Waals surface area (Å²) < 4.78 is 18.3. The Labute approximate surface area is 128 Å². The van der Waals surface area contributed by atoms with Crippen molar-refractivity contribution in [3.63, 3.8) is 0 Å². The van der Waals surface area contributed by atoms with E-state index in [0.717, 1.165) is 12.0 Å². The highest BCUT2D eigenvalue weighted by atomic mass is 79.9. The zero-order chi connectivity index (χ0) is 15.2. The van der Waals surface area contributed by atoms with Gasteiger partial charge in [0.2, 0.25) is 0 Å². The number of aryl methyl sites for hydroxylation is 1. The molecule has 0 saturated carbocycles. The first kappa shape index (κ1) is 15.6. The van der Waals surface area contributed by atoms with Gasteiger partial charge in [0.1, 0.15) is 17.2 Å². The Bertz CT molecular complexity index is 645. The summed E-state index contributed by atoms with van der Waals surface area (Å²) in [4.78, 5) is 0. The van der Waals surface area contributed by atoms with E-state index in [1.165, 1.54) is 6.07 Å². The summed E-state index contributed by atoms with van der Waals surface area (Å²) in [6.45, 7) is 0.517. The van der Waals surface area contributed by atoms with Gasteiger partial charge in [0.05, 0.1) is 4.47 Å². The fraction of sp³-hybridized carbons (Fsp3) is 0.308. The van der Waals surface area contributed by atoms with Gasteiger partial charge in [0.15, 0.2) is 5.69 Å². The number of halogens is 2. The lowest BCUT2D eigenvalue weighted by molar-refractivity contribution is 0.300. The summed E-state index contributed by atoms with van der Waals surface area (Å²) in [5, 5.41) is 20.0. The first-order chi connectivity index (χ1) is 10.2. The fourth-order valence-corrected chi connectivity index (χ4v) is 2.29. The summed E-state index contributed by atoms with van der Waals surface area (Å²) >= 11 is 3.12. The van der Waals surface area contributed by atoms with Crippen molar-refractivity contribution in [1.29, 1.82) is 0 Å². The summed E-state index contributed by atoms with van der Waals surface area (Å²) in [6.07, 6.45) is 1.59. The molecular formula is C13H14BrFN4O2. The summed E-state index contributed by atoms with van der Waals surface area (Å²) in [7, 11) is 0. The number of aromatic nitrogens is 2. The van der Waals surface area contributed by atoms with E-state index in [1.54, 1.807) is 12.1 Å². The van der Waals surface area contributed by atoms with Crippen LogP contribution in [-0.2, 0) is 12.8 Å². The van der Waals surface area contributed by atoms with Gasteiger partial charge in [-0.05, 0) is 58.2 Å². The molecular weight excluding hydrogens is 343 g/mol. The maximum atomic E-state index is 13.2. The van der Waals surface area contributed by atoms with E-state index < -0.39 is 0 Å². The molecule has 2 rings (SSSR count). The summed E-state index contributed by atoms with van der Waals surface area (Å²) in [5.74, 6) is -0.354. The summed E-state index contributed by atoms with van der Waals surface area (Å²) in [6, 6.07) is 4.57. The molecule has 21 heavy (non-hydrogen) atoms. The smallest absolute Gasteiger partial charge is 0.156 e. The van der Waals surface area contributed by atoms with E-state index in [2.05, 4.69) is 31.4 Å². The third kappa shape index (κ3) is 3.85. The average Bonchev–Trinajstić information content (AvgIpc) is 2.94. The second-order valence-corrected chi connectivity index (χ2v) is 5.28. The number of nitrogens with zero attached hydrogens (tertiary/aromatic N) is 3. The van der Waals surface area contributed by atoms with Crippen molar-refractivity contribution in [2.24, 2.45) is 10.9 Å². The van der Waals surface area contributed by atoms with Gasteiger partial charge in [-0.15, -0.1) is 0 Å². The van der Waals surface area contributed by atoms with Gasteiger partial charge < -0.3 is 10.9 Å². The molecule has 6 nitrogen and oxygen atoms in total. The monoisotopic (exact) mass is 356 g/mol. The third-order valence-corrected chi connectivity index (χ3v) is 3.53. The topological polar surface area (TPSA) is 97.5 Å². The number of oxime groups is 1. The molecule has 2 aromatic rings. The van der Waals surface area contributed by atoms with Crippen LogP contribution < -0.4 is 5.73 Å². The van der Waals surface area contributed by atoms with Gasteiger partial charge in [0, 0.05) is 6.42 Å². The molecule has 3 N–H and O–H groups in total. The zero-order valence-corrected chi connectivity index (χ0v) is 12.7. The molecule has 0 unspecified atom stereocenters. The normalized spacial score (nSPS) is 11.9. The van der Waals surface area contributed by atoms with E-state index >= 15 is 0 Å². The maximum Gasteiger partial charge on any atom is 0.156 e. The Balaban J connectivity index is 2.20. The lowest BCUT2D eigenvalue weighted by atomic mass is 10.0. The average molecular weight is 357 g/mol. The number of benzene rings is 1. The number of hydrogen-bond acceptors (Lipinski definition) is 6. The Morgan fingerprint density at radius 1 is 1.43 bits per heavy atom. The van der Waals surface area contributed by atoms with Crippen molar-refractivity contribution in [2.45, 2.75) is 19.3 Å². The van der Waals surface area contributed by atoms with E-state index in [-0.39, 0.29) is 12.2 Å². The molecule has 0 fully saturated rings. The summed E-state index contributed by atoms with van der Waals surface area (Å²) in [5.41, 5.74) is 7.52. The van der Waals surface area contributed by atoms with Crippen LogP contribution in [0.15, 0.2) is 32.5 Å². The van der Waals surface area contributed by atoms with Crippen LogP contribution in [0.3, 0.4) is 0 Å². The molecule has 0 aliphatic carbocycles. The number of nitrogens with two attached hydrogens (primary N) is 1. The van der Waals surface area contributed by atoms with E-state index in [0.29, 0.717) is 34.5 Å². The molecule has 1 aromatic carbocycles. The minimum absolute atomic E-state index is 0.277. The highest BCUT2D eigenvalue weighted by Gasteiger charge is 2.17. The zero-order valence-electron chi connectivity index (χ0n) is 11.1. The van der Waals surface area contributed by atoms with E-state index in [1.807, 2.05) is 0 Å². The van der Waals surface area contributed by atoms with Gasteiger partial charge in [-0.3, -0.25) is 0 Å². The van der Waals surface area contributed by atoms with Crippen LogP contribution in [0, 0.1) is 5.82 Å². The SMILES string of the molecule is NCCCc1nonc1/C(Cc1ccc(F)c(Br)c1)=N/O. The van der Waals surface area contributed by atoms with Crippen LogP contribution in [0.2, 0.25) is 0 Å². The molecule has 1 aromatic heterocycles. The van der Waals surface area contributed by atoms with Crippen molar-refractivity contribution in [1.82, 2.24) is 10.3 Å². The second-order valence-electron chi connectivity index (χ2n) is 4.42. The first-order valence-corrected chi connectivity index (χ1v) is 7.11. The van der Waals surface area contributed by atoms with Gasteiger partial charge in [0.25, 0.3) is 0 Å².